The average molecular weight is 206 g/mol. The lowest BCUT2D eigenvalue weighted by atomic mass is 10.1. The van der Waals surface area contributed by atoms with Crippen molar-refractivity contribution in [2.45, 2.75) is 26.4 Å². The van der Waals surface area contributed by atoms with Crippen molar-refractivity contribution in [3.63, 3.8) is 0 Å². The Kier molecular flexibility index (Phi) is 4.03. The average Bonchev–Trinajstić information content (AvgIpc) is 2.17. The van der Waals surface area contributed by atoms with E-state index in [1.807, 2.05) is 18.2 Å². The molecule has 0 radical (unpaired) electrons. The maximum absolute atomic E-state index is 11.2. The first-order valence-electron chi connectivity index (χ1n) is 4.81. The molecule has 0 aliphatic carbocycles. The Morgan fingerprint density at radius 3 is 2.27 bits per heavy atom. The highest BCUT2D eigenvalue weighted by molar-refractivity contribution is 5.87. The first-order valence-corrected chi connectivity index (χ1v) is 4.81. The minimum atomic E-state index is -0.662. The second-order valence-electron chi connectivity index (χ2n) is 3.44. The lowest BCUT2D eigenvalue weighted by Crippen LogP contribution is -2.27. The van der Waals surface area contributed by atoms with Gasteiger partial charge in [0.1, 0.15) is 11.5 Å². The van der Waals surface area contributed by atoms with Crippen molar-refractivity contribution in [3.05, 3.63) is 30.3 Å². The Labute approximate surface area is 89.1 Å². The van der Waals surface area contributed by atoms with Crippen LogP contribution in [0.3, 0.4) is 0 Å². The van der Waals surface area contributed by atoms with E-state index in [1.54, 1.807) is 12.1 Å². The Morgan fingerprint density at radius 2 is 1.80 bits per heavy atom. The molecule has 1 rings (SSSR count). The molecule has 1 unspecified atom stereocenters. The smallest absolute Gasteiger partial charge is 0.170 e. The molecule has 0 bridgehead atoms. The van der Waals surface area contributed by atoms with E-state index in [0.29, 0.717) is 5.75 Å². The number of hydrogen-bond acceptors (Lipinski definition) is 3. The minimum Gasteiger partial charge on any atom is -0.482 e. The molecule has 15 heavy (non-hydrogen) atoms. The third-order valence-corrected chi connectivity index (χ3v) is 1.95. The second kappa shape index (κ2) is 5.29. The molecule has 0 saturated heterocycles. The summed E-state index contributed by atoms with van der Waals surface area (Å²) in [6, 6.07) is 9.02. The lowest BCUT2D eigenvalue weighted by Gasteiger charge is -2.14. The highest BCUT2D eigenvalue weighted by Crippen LogP contribution is 2.13. The number of Topliss-reactive ketones (excluding diaryl/α,β-unsaturated/α-hetero) is 2. The number of hydrogen-bond donors (Lipinski definition) is 0. The van der Waals surface area contributed by atoms with Crippen LogP contribution in [0.25, 0.3) is 0 Å². The molecular weight excluding hydrogens is 192 g/mol. The van der Waals surface area contributed by atoms with Crippen LogP contribution in [0.2, 0.25) is 0 Å². The van der Waals surface area contributed by atoms with E-state index in [4.69, 9.17) is 4.74 Å². The quantitative estimate of drug-likeness (QED) is 0.740. The maximum Gasteiger partial charge on any atom is 0.170 e. The van der Waals surface area contributed by atoms with Gasteiger partial charge in [-0.25, -0.2) is 0 Å². The molecule has 80 valence electrons. The molecule has 1 atom stereocenters. The SMILES string of the molecule is CC(=O)CC(Oc1ccccc1)C(C)=O. The van der Waals surface area contributed by atoms with E-state index in [0.717, 1.165) is 0 Å². The summed E-state index contributed by atoms with van der Waals surface area (Å²) in [6.45, 7) is 2.88. The summed E-state index contributed by atoms with van der Waals surface area (Å²) < 4.78 is 5.42. The fourth-order valence-corrected chi connectivity index (χ4v) is 1.19. The van der Waals surface area contributed by atoms with Crippen molar-refractivity contribution >= 4 is 11.6 Å². The minimum absolute atomic E-state index is 0.0499. The standard InChI is InChI=1S/C12H14O3/c1-9(13)8-12(10(2)14)15-11-6-4-3-5-7-11/h3-7,12H,8H2,1-2H3. The van der Waals surface area contributed by atoms with Gasteiger partial charge >= 0.3 is 0 Å². The molecule has 0 fully saturated rings. The summed E-state index contributed by atoms with van der Waals surface area (Å²) in [6.07, 6.45) is -0.533. The summed E-state index contributed by atoms with van der Waals surface area (Å²) in [5.74, 6) is 0.430. The Hall–Kier alpha value is -1.64. The molecule has 0 saturated carbocycles. The molecule has 0 heterocycles. The number of carbonyl (C=O) groups is 2. The van der Waals surface area contributed by atoms with E-state index in [-0.39, 0.29) is 18.0 Å². The van der Waals surface area contributed by atoms with Crippen LogP contribution in [-0.2, 0) is 9.59 Å². The molecule has 3 nitrogen and oxygen atoms in total. The largest absolute Gasteiger partial charge is 0.482 e. The predicted molar refractivity (Wildman–Crippen MR) is 56.8 cm³/mol. The van der Waals surface area contributed by atoms with Gasteiger partial charge in [0, 0.05) is 0 Å². The van der Waals surface area contributed by atoms with E-state index in [2.05, 4.69) is 0 Å². The van der Waals surface area contributed by atoms with E-state index >= 15 is 0 Å². The number of carbonyl (C=O) groups excluding carboxylic acids is 2. The lowest BCUT2D eigenvalue weighted by molar-refractivity contribution is -0.128. The Balaban J connectivity index is 2.67. The topological polar surface area (TPSA) is 43.4 Å². The monoisotopic (exact) mass is 206 g/mol. The van der Waals surface area contributed by atoms with Crippen molar-refractivity contribution in [1.29, 1.82) is 0 Å². The summed E-state index contributed by atoms with van der Waals surface area (Å²) in [7, 11) is 0. The third kappa shape index (κ3) is 3.94. The molecule has 1 aromatic carbocycles. The van der Waals surface area contributed by atoms with Crippen molar-refractivity contribution < 1.29 is 14.3 Å². The fraction of sp³-hybridized carbons (Fsp3) is 0.333. The number of rotatable bonds is 5. The fourth-order valence-electron chi connectivity index (χ4n) is 1.19. The van der Waals surface area contributed by atoms with Crippen molar-refractivity contribution in [1.82, 2.24) is 0 Å². The summed E-state index contributed by atoms with van der Waals surface area (Å²) in [4.78, 5) is 22.1. The first-order chi connectivity index (χ1) is 7.09. The number of ether oxygens (including phenoxy) is 1. The number of para-hydroxylation sites is 1. The van der Waals surface area contributed by atoms with Crippen LogP contribution in [0.15, 0.2) is 30.3 Å². The van der Waals surface area contributed by atoms with Gasteiger partial charge in [-0.3, -0.25) is 9.59 Å². The maximum atomic E-state index is 11.2. The zero-order valence-corrected chi connectivity index (χ0v) is 8.90. The molecule has 0 spiro atoms. The summed E-state index contributed by atoms with van der Waals surface area (Å²) in [5, 5.41) is 0. The van der Waals surface area contributed by atoms with Crippen LogP contribution in [0.1, 0.15) is 20.3 Å². The second-order valence-corrected chi connectivity index (χ2v) is 3.44. The van der Waals surface area contributed by atoms with Crippen LogP contribution in [0.5, 0.6) is 5.75 Å². The molecule has 0 aliphatic rings. The normalized spacial score (nSPS) is 11.9. The Morgan fingerprint density at radius 1 is 1.20 bits per heavy atom. The van der Waals surface area contributed by atoms with Gasteiger partial charge in [-0.05, 0) is 26.0 Å². The molecule has 0 N–H and O–H groups in total. The molecule has 0 amide bonds. The zero-order chi connectivity index (χ0) is 11.3. The highest BCUT2D eigenvalue weighted by atomic mass is 16.5. The van der Waals surface area contributed by atoms with Crippen LogP contribution in [-0.4, -0.2) is 17.7 Å². The summed E-state index contributed by atoms with van der Waals surface area (Å²) >= 11 is 0. The Bertz CT molecular complexity index is 343. The van der Waals surface area contributed by atoms with Gasteiger partial charge in [0.05, 0.1) is 6.42 Å². The predicted octanol–water partition coefficient (Wildman–Crippen LogP) is 2.00. The van der Waals surface area contributed by atoms with Crippen molar-refractivity contribution in [2.75, 3.05) is 0 Å². The third-order valence-electron chi connectivity index (χ3n) is 1.95. The molecular formula is C12H14O3. The van der Waals surface area contributed by atoms with E-state index in [1.165, 1.54) is 13.8 Å². The first kappa shape index (κ1) is 11.4. The van der Waals surface area contributed by atoms with Gasteiger partial charge in [0.25, 0.3) is 0 Å². The molecule has 3 heteroatoms. The van der Waals surface area contributed by atoms with Gasteiger partial charge in [-0.2, -0.15) is 0 Å². The molecule has 0 aliphatic heterocycles. The van der Waals surface area contributed by atoms with Gasteiger partial charge in [0.15, 0.2) is 11.9 Å². The van der Waals surface area contributed by atoms with Gasteiger partial charge in [-0.15, -0.1) is 0 Å². The number of ketones is 2. The zero-order valence-electron chi connectivity index (χ0n) is 8.90. The van der Waals surface area contributed by atoms with Crippen LogP contribution < -0.4 is 4.74 Å². The van der Waals surface area contributed by atoms with Crippen LogP contribution in [0, 0.1) is 0 Å². The van der Waals surface area contributed by atoms with E-state index in [9.17, 15) is 9.59 Å². The van der Waals surface area contributed by atoms with Crippen molar-refractivity contribution in [3.8, 4) is 5.75 Å². The van der Waals surface area contributed by atoms with Crippen molar-refractivity contribution in [2.24, 2.45) is 0 Å². The van der Waals surface area contributed by atoms with Crippen LogP contribution >= 0.6 is 0 Å². The molecule has 0 aromatic heterocycles. The molecule has 1 aromatic rings. The number of benzene rings is 1. The highest BCUT2D eigenvalue weighted by Gasteiger charge is 2.17. The summed E-state index contributed by atoms with van der Waals surface area (Å²) in [5.41, 5.74) is 0. The van der Waals surface area contributed by atoms with Crippen LogP contribution in [0.4, 0.5) is 0 Å². The van der Waals surface area contributed by atoms with Gasteiger partial charge in [0.2, 0.25) is 0 Å². The van der Waals surface area contributed by atoms with Gasteiger partial charge in [-0.1, -0.05) is 18.2 Å². The van der Waals surface area contributed by atoms with Gasteiger partial charge < -0.3 is 4.74 Å². The van der Waals surface area contributed by atoms with E-state index < -0.39 is 6.10 Å².